The average molecular weight is 486 g/mol. The number of amides is 2. The summed E-state index contributed by atoms with van der Waals surface area (Å²) in [4.78, 5) is 27.0. The number of carbonyl (C=O) groups excluding carboxylic acids is 2. The van der Waals surface area contributed by atoms with Crippen molar-refractivity contribution < 1.29 is 32.3 Å². The number of allylic oxidation sites excluding steroid dienone is 2. The van der Waals surface area contributed by atoms with E-state index in [2.05, 4.69) is 11.2 Å². The largest absolute Gasteiger partial charge is 0.507 e. The minimum Gasteiger partial charge on any atom is -0.507 e. The highest BCUT2D eigenvalue weighted by molar-refractivity contribution is 6.09. The maximum absolute atomic E-state index is 14.2. The first kappa shape index (κ1) is 25.6. The van der Waals surface area contributed by atoms with Crippen LogP contribution in [0.25, 0.3) is 0 Å². The first-order valence-corrected chi connectivity index (χ1v) is 10.5. The lowest BCUT2D eigenvalue weighted by atomic mass is 9.86. The van der Waals surface area contributed by atoms with E-state index in [4.69, 9.17) is 6.42 Å². The van der Waals surface area contributed by atoms with Crippen LogP contribution in [0.4, 0.5) is 23.2 Å². The molecule has 0 aromatic heterocycles. The van der Waals surface area contributed by atoms with Gasteiger partial charge in [0.1, 0.15) is 29.0 Å². The number of carbonyl (C=O) groups is 2. The molecule has 2 N–H and O–H groups in total. The lowest BCUT2D eigenvalue weighted by Crippen LogP contribution is -2.36. The summed E-state index contributed by atoms with van der Waals surface area (Å²) in [5.41, 5.74) is -0.315. The quantitative estimate of drug-likeness (QED) is 0.251. The molecule has 182 valence electrons. The third-order valence-electron chi connectivity index (χ3n) is 5.65. The van der Waals surface area contributed by atoms with E-state index in [1.807, 2.05) is 0 Å². The number of terminal acetylenes is 1. The average Bonchev–Trinajstić information content (AvgIpc) is 2.96. The molecular formula is C26H22F4N2O3. The van der Waals surface area contributed by atoms with Gasteiger partial charge in [-0.3, -0.25) is 9.59 Å². The second kappa shape index (κ2) is 10.1. The van der Waals surface area contributed by atoms with Gasteiger partial charge in [0.2, 0.25) is 5.91 Å². The summed E-state index contributed by atoms with van der Waals surface area (Å²) >= 11 is 0. The predicted molar refractivity (Wildman–Crippen MR) is 123 cm³/mol. The Hall–Kier alpha value is -4.06. The number of nitrogens with zero attached hydrogens (tertiary/aromatic N) is 1. The Morgan fingerprint density at radius 3 is 2.49 bits per heavy atom. The molecule has 1 aliphatic rings. The Morgan fingerprint density at radius 2 is 1.86 bits per heavy atom. The predicted octanol–water partition coefficient (Wildman–Crippen LogP) is 4.98. The molecule has 0 aliphatic carbocycles. The highest BCUT2D eigenvalue weighted by atomic mass is 19.1. The molecule has 9 heteroatoms. The van der Waals surface area contributed by atoms with Gasteiger partial charge in [-0.15, -0.1) is 6.42 Å². The Balaban J connectivity index is 1.81. The van der Waals surface area contributed by atoms with Crippen LogP contribution in [0, 0.1) is 29.8 Å². The zero-order chi connectivity index (χ0) is 25.9. The molecule has 0 saturated heterocycles. The van der Waals surface area contributed by atoms with Crippen LogP contribution in [-0.4, -0.2) is 23.5 Å². The Labute approximate surface area is 199 Å². The third kappa shape index (κ3) is 5.38. The summed E-state index contributed by atoms with van der Waals surface area (Å²) in [6, 6.07) is 5.52. The van der Waals surface area contributed by atoms with Crippen molar-refractivity contribution in [2.45, 2.75) is 32.2 Å². The molecule has 0 radical (unpaired) electrons. The molecule has 2 aromatic rings. The molecule has 35 heavy (non-hydrogen) atoms. The minimum absolute atomic E-state index is 0.0714. The number of halogens is 4. The summed E-state index contributed by atoms with van der Waals surface area (Å²) in [5.74, 6) is -3.40. The van der Waals surface area contributed by atoms with Crippen molar-refractivity contribution in [1.82, 2.24) is 5.32 Å². The smallest absolute Gasteiger partial charge is 0.251 e. The number of hydrogen-bond acceptors (Lipinski definition) is 3. The van der Waals surface area contributed by atoms with Crippen molar-refractivity contribution in [3.63, 3.8) is 0 Å². The molecule has 2 aromatic carbocycles. The molecular weight excluding hydrogens is 464 g/mol. The van der Waals surface area contributed by atoms with Crippen molar-refractivity contribution in [2.75, 3.05) is 11.4 Å². The Kier molecular flexibility index (Phi) is 7.34. The molecule has 2 amide bonds. The van der Waals surface area contributed by atoms with Gasteiger partial charge in [0.05, 0.1) is 5.41 Å². The van der Waals surface area contributed by atoms with E-state index in [1.165, 1.54) is 17.0 Å². The summed E-state index contributed by atoms with van der Waals surface area (Å²) in [6.07, 6.45) is 6.63. The van der Waals surface area contributed by atoms with Crippen LogP contribution >= 0.6 is 0 Å². The van der Waals surface area contributed by atoms with E-state index in [9.17, 15) is 32.3 Å². The first-order chi connectivity index (χ1) is 16.4. The maximum atomic E-state index is 14.2. The number of nitrogens with one attached hydrogen (secondary N) is 1. The molecule has 0 fully saturated rings. The minimum atomic E-state index is -1.13. The van der Waals surface area contributed by atoms with Gasteiger partial charge in [-0.1, -0.05) is 12.0 Å². The highest BCUT2D eigenvalue weighted by Gasteiger charge is 2.43. The van der Waals surface area contributed by atoms with E-state index in [0.29, 0.717) is 23.4 Å². The summed E-state index contributed by atoms with van der Waals surface area (Å²) in [5, 5.41) is 11.9. The molecule has 0 atom stereocenters. The van der Waals surface area contributed by atoms with Crippen molar-refractivity contribution in [3.8, 4) is 12.3 Å². The summed E-state index contributed by atoms with van der Waals surface area (Å²) in [6.45, 7) is 2.80. The number of hydrogen-bond donors (Lipinski definition) is 2. The van der Waals surface area contributed by atoms with Crippen LogP contribution in [0.15, 0.2) is 54.1 Å². The molecule has 0 spiro atoms. The van der Waals surface area contributed by atoms with Crippen molar-refractivity contribution in [2.24, 2.45) is 0 Å². The van der Waals surface area contributed by atoms with Crippen molar-refractivity contribution in [3.05, 3.63) is 88.2 Å². The zero-order valence-electron chi connectivity index (χ0n) is 19.0. The van der Waals surface area contributed by atoms with Gasteiger partial charge in [0.25, 0.3) is 5.91 Å². The Bertz CT molecular complexity index is 1270. The first-order valence-electron chi connectivity index (χ1n) is 10.5. The highest BCUT2D eigenvalue weighted by Crippen LogP contribution is 2.42. The third-order valence-corrected chi connectivity index (χ3v) is 5.65. The Morgan fingerprint density at radius 1 is 1.20 bits per heavy atom. The van der Waals surface area contributed by atoms with E-state index < -0.39 is 52.5 Å². The van der Waals surface area contributed by atoms with Gasteiger partial charge in [-0.25, -0.2) is 17.6 Å². The van der Waals surface area contributed by atoms with Gasteiger partial charge >= 0.3 is 0 Å². The number of anilines is 1. The number of rotatable bonds is 7. The van der Waals surface area contributed by atoms with Gasteiger partial charge < -0.3 is 15.3 Å². The summed E-state index contributed by atoms with van der Waals surface area (Å²) in [7, 11) is 0. The normalized spacial score (nSPS) is 15.1. The number of benzene rings is 2. The van der Waals surface area contributed by atoms with Gasteiger partial charge in [0.15, 0.2) is 0 Å². The fourth-order valence-electron chi connectivity index (χ4n) is 3.80. The monoisotopic (exact) mass is 486 g/mol. The van der Waals surface area contributed by atoms with Crippen LogP contribution in [0.2, 0.25) is 0 Å². The number of aliphatic hydroxyl groups excluding tert-OH is 1. The molecule has 0 bridgehead atoms. The molecule has 0 unspecified atom stereocenters. The zero-order valence-corrected chi connectivity index (χ0v) is 19.0. The summed E-state index contributed by atoms with van der Waals surface area (Å²) < 4.78 is 55.0. The second-order valence-electron chi connectivity index (χ2n) is 8.42. The number of fused-ring (bicyclic) bond motifs is 1. The van der Waals surface area contributed by atoms with E-state index in [-0.39, 0.29) is 24.4 Å². The van der Waals surface area contributed by atoms with Gasteiger partial charge in [-0.2, -0.15) is 0 Å². The van der Waals surface area contributed by atoms with E-state index in [1.54, 1.807) is 19.9 Å². The van der Waals surface area contributed by atoms with E-state index in [0.717, 1.165) is 12.2 Å². The molecule has 5 nitrogen and oxygen atoms in total. The lowest BCUT2D eigenvalue weighted by Gasteiger charge is -2.20. The fourth-order valence-corrected chi connectivity index (χ4v) is 3.80. The molecule has 3 rings (SSSR count). The van der Waals surface area contributed by atoms with Crippen molar-refractivity contribution >= 4 is 17.5 Å². The van der Waals surface area contributed by atoms with Crippen LogP contribution in [-0.2, 0) is 16.8 Å². The van der Waals surface area contributed by atoms with Crippen molar-refractivity contribution in [1.29, 1.82) is 0 Å². The van der Waals surface area contributed by atoms with Gasteiger partial charge in [0, 0.05) is 60.6 Å². The maximum Gasteiger partial charge on any atom is 0.251 e. The van der Waals surface area contributed by atoms with E-state index >= 15 is 0 Å². The molecule has 1 aliphatic heterocycles. The molecule has 0 saturated carbocycles. The van der Waals surface area contributed by atoms with Gasteiger partial charge in [-0.05, 0) is 31.5 Å². The topological polar surface area (TPSA) is 69.6 Å². The van der Waals surface area contributed by atoms with Crippen LogP contribution < -0.4 is 10.2 Å². The second-order valence-corrected chi connectivity index (χ2v) is 8.42. The standard InChI is InChI=1S/C26H22F4N2O3/c1-4-5-18(33)11-16(27)8-9-32-23-10-15(6-7-20(23)26(2,3)25(32)35)24(34)31-14-19-21(29)12-17(28)13-22(19)30/h1,5-7,10-13,33H,8-9,14H2,2-3H3,(H,31,34)/b16-11+,18-5+. The molecule has 1 heterocycles. The van der Waals surface area contributed by atoms with Crippen LogP contribution in [0.1, 0.15) is 41.8 Å². The number of aliphatic hydroxyl groups is 1. The fraction of sp³-hybridized carbons (Fsp3) is 0.231. The lowest BCUT2D eigenvalue weighted by molar-refractivity contribution is -0.122. The van der Waals surface area contributed by atoms with Crippen LogP contribution in [0.5, 0.6) is 0 Å². The van der Waals surface area contributed by atoms with Crippen LogP contribution in [0.3, 0.4) is 0 Å². The SMILES string of the molecule is C#C/C=C(O)\C=C(\F)CCN1C(=O)C(C)(C)c2ccc(C(=O)NCc3c(F)cc(F)cc3F)cc21.